The number of hydrogen-bond acceptors (Lipinski definition) is 6. The zero-order valence-electron chi connectivity index (χ0n) is 14.4. The van der Waals surface area contributed by atoms with Crippen LogP contribution in [0.3, 0.4) is 0 Å². The molecule has 1 amide bonds. The number of carbonyl (C=O) groups excluding carboxylic acids is 1. The predicted molar refractivity (Wildman–Crippen MR) is 105 cm³/mol. The Kier molecular flexibility index (Phi) is 3.78. The lowest BCUT2D eigenvalue weighted by Gasteiger charge is -2.05. The molecule has 3 N–H and O–H groups in total. The number of nitrogen functional groups attached to an aromatic ring is 1. The van der Waals surface area contributed by atoms with Gasteiger partial charge in [-0.25, -0.2) is 4.68 Å². The molecule has 2 aromatic carbocycles. The molecule has 7 nitrogen and oxygen atoms in total. The minimum absolute atomic E-state index is 0.122. The normalized spacial score (nSPS) is 14.1. The van der Waals surface area contributed by atoms with Crippen molar-refractivity contribution in [1.82, 2.24) is 14.9 Å². The molecule has 0 aliphatic heterocycles. The lowest BCUT2D eigenvalue weighted by molar-refractivity contribution is -0.113. The maximum absolute atomic E-state index is 12.3. The van der Waals surface area contributed by atoms with Crippen molar-refractivity contribution in [1.29, 1.82) is 0 Å². The van der Waals surface area contributed by atoms with Gasteiger partial charge < -0.3 is 15.6 Å². The van der Waals surface area contributed by atoms with Crippen molar-refractivity contribution < 1.29 is 9.21 Å². The van der Waals surface area contributed by atoms with Crippen LogP contribution in [0.15, 0.2) is 52.0 Å². The van der Waals surface area contributed by atoms with Crippen molar-refractivity contribution >= 4 is 45.3 Å². The average molecular weight is 379 g/mol. The minimum atomic E-state index is -0.122. The van der Waals surface area contributed by atoms with E-state index in [4.69, 9.17) is 10.3 Å². The monoisotopic (exact) mass is 379 g/mol. The number of thioether (sulfide) groups is 1. The third-order valence-electron chi connectivity index (χ3n) is 4.63. The zero-order valence-corrected chi connectivity index (χ0v) is 15.2. The van der Waals surface area contributed by atoms with Crippen LogP contribution in [-0.4, -0.2) is 26.5 Å². The van der Waals surface area contributed by atoms with Gasteiger partial charge in [0.05, 0.1) is 5.75 Å². The second-order valence-corrected chi connectivity index (χ2v) is 7.57. The van der Waals surface area contributed by atoms with E-state index in [0.29, 0.717) is 11.1 Å². The Balaban J connectivity index is 1.29. The molecule has 27 heavy (non-hydrogen) atoms. The maximum atomic E-state index is 12.3. The number of nitrogens with one attached hydrogen (secondary N) is 1. The first-order chi connectivity index (χ1) is 13.2. The zero-order chi connectivity index (χ0) is 18.4. The average Bonchev–Trinajstić information content (AvgIpc) is 3.35. The highest BCUT2D eigenvalue weighted by atomic mass is 32.2. The van der Waals surface area contributed by atoms with Crippen LogP contribution in [0.4, 0.5) is 5.69 Å². The molecule has 8 heteroatoms. The highest BCUT2D eigenvalue weighted by Crippen LogP contribution is 2.39. The van der Waals surface area contributed by atoms with E-state index < -0.39 is 0 Å². The largest absolute Gasteiger partial charge is 0.456 e. The molecule has 1 fully saturated rings. The van der Waals surface area contributed by atoms with Crippen molar-refractivity contribution in [2.24, 2.45) is 0 Å². The summed E-state index contributed by atoms with van der Waals surface area (Å²) in [6.07, 6.45) is 2.21. The van der Waals surface area contributed by atoms with Crippen molar-refractivity contribution in [3.8, 4) is 0 Å². The lowest BCUT2D eigenvalue weighted by Crippen LogP contribution is -2.17. The van der Waals surface area contributed by atoms with Gasteiger partial charge in [0.2, 0.25) is 11.1 Å². The first-order valence-electron chi connectivity index (χ1n) is 8.73. The topological polar surface area (TPSA) is 99.0 Å². The van der Waals surface area contributed by atoms with Crippen LogP contribution in [0, 0.1) is 0 Å². The van der Waals surface area contributed by atoms with Gasteiger partial charge in [0, 0.05) is 22.4 Å². The summed E-state index contributed by atoms with van der Waals surface area (Å²) >= 11 is 1.28. The third-order valence-corrected chi connectivity index (χ3v) is 5.57. The van der Waals surface area contributed by atoms with E-state index in [-0.39, 0.29) is 11.7 Å². The molecular weight excluding hydrogens is 362 g/mol. The smallest absolute Gasteiger partial charge is 0.234 e. The standard InChI is InChI=1S/C19H17N5O2S/c20-24-18(11-5-6-11)22-23-19(24)27-10-17(25)21-12-7-8-16-14(9-12)13-3-1-2-4-15(13)26-16/h1-4,7-9,11H,5-6,10,20H2,(H,21,25). The van der Waals surface area contributed by atoms with E-state index in [1.54, 1.807) is 0 Å². The Morgan fingerprint density at radius 3 is 2.85 bits per heavy atom. The molecule has 2 aromatic heterocycles. The molecule has 2 heterocycles. The highest BCUT2D eigenvalue weighted by molar-refractivity contribution is 7.99. The quantitative estimate of drug-likeness (QED) is 0.407. The summed E-state index contributed by atoms with van der Waals surface area (Å²) in [4.78, 5) is 12.3. The molecule has 0 bridgehead atoms. The molecule has 1 aliphatic carbocycles. The number of nitrogens with two attached hydrogens (primary N) is 1. The Morgan fingerprint density at radius 1 is 1.19 bits per heavy atom. The second kappa shape index (κ2) is 6.31. The molecule has 0 radical (unpaired) electrons. The summed E-state index contributed by atoms with van der Waals surface area (Å²) in [7, 11) is 0. The number of rotatable bonds is 5. The number of fused-ring (bicyclic) bond motifs is 3. The predicted octanol–water partition coefficient (Wildman–Crippen LogP) is 3.50. The maximum Gasteiger partial charge on any atom is 0.234 e. The second-order valence-electron chi connectivity index (χ2n) is 6.63. The number of carbonyl (C=O) groups is 1. The van der Waals surface area contributed by atoms with Crippen LogP contribution in [0.1, 0.15) is 24.6 Å². The van der Waals surface area contributed by atoms with Crippen LogP contribution in [0.25, 0.3) is 21.9 Å². The van der Waals surface area contributed by atoms with E-state index >= 15 is 0 Å². The fourth-order valence-electron chi connectivity index (χ4n) is 3.14. The number of para-hydroxylation sites is 1. The number of benzene rings is 2. The highest BCUT2D eigenvalue weighted by Gasteiger charge is 2.30. The van der Waals surface area contributed by atoms with Crippen molar-refractivity contribution in [3.63, 3.8) is 0 Å². The number of nitrogens with zero attached hydrogens (tertiary/aromatic N) is 3. The van der Waals surface area contributed by atoms with Gasteiger partial charge in [-0.1, -0.05) is 30.0 Å². The molecule has 5 rings (SSSR count). The number of aromatic nitrogens is 3. The van der Waals surface area contributed by atoms with Crippen molar-refractivity contribution in [2.45, 2.75) is 23.9 Å². The molecule has 0 saturated heterocycles. The third kappa shape index (κ3) is 3.02. The summed E-state index contributed by atoms with van der Waals surface area (Å²) in [5.41, 5.74) is 2.36. The van der Waals surface area contributed by atoms with Gasteiger partial charge in [-0.3, -0.25) is 4.79 Å². The first-order valence-corrected chi connectivity index (χ1v) is 9.72. The molecule has 1 saturated carbocycles. The van der Waals surface area contributed by atoms with E-state index in [2.05, 4.69) is 15.5 Å². The fourth-order valence-corrected chi connectivity index (χ4v) is 3.80. The summed E-state index contributed by atoms with van der Waals surface area (Å²) in [6.45, 7) is 0. The van der Waals surface area contributed by atoms with Crippen LogP contribution in [0.2, 0.25) is 0 Å². The van der Waals surface area contributed by atoms with Crippen LogP contribution < -0.4 is 11.2 Å². The number of hydrogen-bond donors (Lipinski definition) is 2. The van der Waals surface area contributed by atoms with Gasteiger partial charge in [0.1, 0.15) is 11.2 Å². The Morgan fingerprint density at radius 2 is 2.00 bits per heavy atom. The van der Waals surface area contributed by atoms with Gasteiger partial charge in [-0.2, -0.15) is 0 Å². The van der Waals surface area contributed by atoms with Gasteiger partial charge in [0.25, 0.3) is 0 Å². The molecular formula is C19H17N5O2S. The SMILES string of the molecule is Nn1c(SCC(=O)Nc2ccc3oc4ccccc4c3c2)nnc1C1CC1. The Labute approximate surface area is 158 Å². The van der Waals surface area contributed by atoms with Gasteiger partial charge in [-0.05, 0) is 37.1 Å². The van der Waals surface area contributed by atoms with Crippen molar-refractivity contribution in [3.05, 3.63) is 48.3 Å². The molecule has 1 aliphatic rings. The number of anilines is 1. The lowest BCUT2D eigenvalue weighted by atomic mass is 10.1. The van der Waals surface area contributed by atoms with Crippen molar-refractivity contribution in [2.75, 3.05) is 16.9 Å². The van der Waals surface area contributed by atoms with Gasteiger partial charge >= 0.3 is 0 Å². The van der Waals surface area contributed by atoms with E-state index in [0.717, 1.165) is 46.3 Å². The van der Waals surface area contributed by atoms with Crippen LogP contribution >= 0.6 is 11.8 Å². The summed E-state index contributed by atoms with van der Waals surface area (Å²) in [5, 5.41) is 13.7. The summed E-state index contributed by atoms with van der Waals surface area (Å²) in [5.74, 6) is 7.33. The Bertz CT molecular complexity index is 1160. The summed E-state index contributed by atoms with van der Waals surface area (Å²) < 4.78 is 7.31. The van der Waals surface area contributed by atoms with E-state index in [9.17, 15) is 4.79 Å². The number of amides is 1. The molecule has 0 spiro atoms. The van der Waals surface area contributed by atoms with Gasteiger partial charge in [-0.15, -0.1) is 10.2 Å². The number of furan rings is 1. The fraction of sp³-hybridized carbons (Fsp3) is 0.211. The minimum Gasteiger partial charge on any atom is -0.456 e. The Hall–Kier alpha value is -3.00. The summed E-state index contributed by atoms with van der Waals surface area (Å²) in [6, 6.07) is 13.5. The van der Waals surface area contributed by atoms with Gasteiger partial charge in [0.15, 0.2) is 5.82 Å². The van der Waals surface area contributed by atoms with Crippen LogP contribution in [0.5, 0.6) is 0 Å². The van der Waals surface area contributed by atoms with E-state index in [1.807, 2.05) is 42.5 Å². The van der Waals surface area contributed by atoms with Crippen LogP contribution in [-0.2, 0) is 4.79 Å². The molecule has 4 aromatic rings. The molecule has 0 unspecified atom stereocenters. The molecule has 136 valence electrons. The van der Waals surface area contributed by atoms with E-state index in [1.165, 1.54) is 16.4 Å². The first kappa shape index (κ1) is 16.2. The molecule has 0 atom stereocenters.